The molecule has 2 rings (SSSR count). The average Bonchev–Trinajstić information content (AvgIpc) is 2.31. The molecule has 2 aliphatic heterocycles. The van der Waals surface area contributed by atoms with Crippen molar-refractivity contribution in [2.24, 2.45) is 15.7 Å². The van der Waals surface area contributed by atoms with Crippen LogP contribution in [0.4, 0.5) is 0 Å². The van der Waals surface area contributed by atoms with Gasteiger partial charge in [0.1, 0.15) is 11.4 Å². The molecule has 98 valence electrons. The van der Waals surface area contributed by atoms with Crippen molar-refractivity contribution in [1.29, 1.82) is 5.41 Å². The van der Waals surface area contributed by atoms with Crippen molar-refractivity contribution < 1.29 is 19.5 Å². The molecular formula is C9H8N6O4. The summed E-state index contributed by atoms with van der Waals surface area (Å²) in [5.41, 5.74) is 4.30. The van der Waals surface area contributed by atoms with Crippen LogP contribution in [0.2, 0.25) is 0 Å². The fourth-order valence-electron chi connectivity index (χ4n) is 1.42. The molecule has 0 saturated carbocycles. The summed E-state index contributed by atoms with van der Waals surface area (Å²) in [6.45, 7) is 0. The smallest absolute Gasteiger partial charge is 0.351 e. The first-order valence-electron chi connectivity index (χ1n) is 4.96. The van der Waals surface area contributed by atoms with E-state index >= 15 is 0 Å². The first-order valence-corrected chi connectivity index (χ1v) is 4.96. The number of fused-ring (bicyclic) bond motifs is 1. The van der Waals surface area contributed by atoms with Crippen LogP contribution in [-0.4, -0.2) is 46.4 Å². The van der Waals surface area contributed by atoms with E-state index in [1.807, 2.05) is 0 Å². The summed E-state index contributed by atoms with van der Waals surface area (Å²) < 4.78 is 0. The first kappa shape index (κ1) is 12.4. The van der Waals surface area contributed by atoms with E-state index in [9.17, 15) is 14.4 Å². The summed E-state index contributed by atoms with van der Waals surface area (Å²) in [4.78, 5) is 41.0. The summed E-state index contributed by atoms with van der Waals surface area (Å²) in [6, 6.07) is -1.09. The van der Waals surface area contributed by atoms with Crippen LogP contribution in [0.15, 0.2) is 21.8 Å². The second-order valence-electron chi connectivity index (χ2n) is 3.62. The maximum Gasteiger partial charge on any atom is 0.351 e. The molecular weight excluding hydrogens is 256 g/mol. The second kappa shape index (κ2) is 4.33. The zero-order chi connectivity index (χ0) is 14.2. The Morgan fingerprint density at radius 1 is 1.42 bits per heavy atom. The van der Waals surface area contributed by atoms with E-state index in [4.69, 9.17) is 16.2 Å². The molecule has 2 amide bonds. The number of amides is 2. The molecule has 0 aromatic rings. The van der Waals surface area contributed by atoms with E-state index in [2.05, 4.69) is 20.6 Å². The Hall–Kier alpha value is -3.04. The van der Waals surface area contributed by atoms with Crippen molar-refractivity contribution >= 4 is 35.3 Å². The average molecular weight is 264 g/mol. The van der Waals surface area contributed by atoms with Crippen LogP contribution < -0.4 is 16.4 Å². The van der Waals surface area contributed by atoms with E-state index in [1.54, 1.807) is 0 Å². The molecule has 0 aliphatic carbocycles. The Labute approximate surface area is 105 Å². The predicted octanol–water partition coefficient (Wildman–Crippen LogP) is -2.68. The quantitative estimate of drug-likeness (QED) is 0.341. The molecule has 2 heterocycles. The van der Waals surface area contributed by atoms with Gasteiger partial charge in [-0.15, -0.1) is 0 Å². The highest BCUT2D eigenvalue weighted by Gasteiger charge is 2.35. The van der Waals surface area contributed by atoms with Gasteiger partial charge in [-0.05, 0) is 6.08 Å². The van der Waals surface area contributed by atoms with Gasteiger partial charge in [0, 0.05) is 0 Å². The standard InChI is InChI=1S/C9H8N6O4/c10-2(8(18)19)1-3-6(16)13-4-5(12-3)14-9(11)15-7(4)17/h1,4H,10H2,(H,13,16)(H,18,19)(H2,11,15,17). The fraction of sp³-hybridized carbons (Fsp3) is 0.111. The van der Waals surface area contributed by atoms with Crippen molar-refractivity contribution in [2.75, 3.05) is 0 Å². The molecule has 0 spiro atoms. The SMILES string of the molecule is N=C1N=C2N=C(C=C(N)C(=O)O)C(=O)NC2C(=O)N1. The van der Waals surface area contributed by atoms with Gasteiger partial charge in [0.2, 0.25) is 5.96 Å². The van der Waals surface area contributed by atoms with Crippen LogP contribution in [0.3, 0.4) is 0 Å². The van der Waals surface area contributed by atoms with Gasteiger partial charge < -0.3 is 16.2 Å². The van der Waals surface area contributed by atoms with Gasteiger partial charge in [-0.1, -0.05) is 0 Å². The number of nitrogens with two attached hydrogens (primary N) is 1. The minimum absolute atomic E-state index is 0.0993. The lowest BCUT2D eigenvalue weighted by Gasteiger charge is -2.25. The normalized spacial score (nSPS) is 22.8. The van der Waals surface area contributed by atoms with Crippen molar-refractivity contribution in [3.63, 3.8) is 0 Å². The third-order valence-electron chi connectivity index (χ3n) is 2.27. The van der Waals surface area contributed by atoms with Gasteiger partial charge in [-0.2, -0.15) is 4.99 Å². The number of nitrogens with zero attached hydrogens (tertiary/aromatic N) is 2. The molecule has 6 N–H and O–H groups in total. The number of carbonyl (C=O) groups is 3. The molecule has 10 nitrogen and oxygen atoms in total. The molecule has 0 aromatic heterocycles. The first-order chi connectivity index (χ1) is 8.88. The Morgan fingerprint density at radius 2 is 2.11 bits per heavy atom. The van der Waals surface area contributed by atoms with E-state index in [-0.39, 0.29) is 11.5 Å². The molecule has 10 heteroatoms. The highest BCUT2D eigenvalue weighted by Crippen LogP contribution is 2.06. The molecule has 0 radical (unpaired) electrons. The van der Waals surface area contributed by atoms with Gasteiger partial charge in [0.25, 0.3) is 11.8 Å². The van der Waals surface area contributed by atoms with Crippen LogP contribution in [0.5, 0.6) is 0 Å². The van der Waals surface area contributed by atoms with E-state index in [0.29, 0.717) is 0 Å². The van der Waals surface area contributed by atoms with Gasteiger partial charge >= 0.3 is 5.97 Å². The summed E-state index contributed by atoms with van der Waals surface area (Å²) in [5.74, 6) is -3.31. The molecule has 0 aromatic carbocycles. The number of carbonyl (C=O) groups excluding carboxylic acids is 2. The maximum absolute atomic E-state index is 11.6. The van der Waals surface area contributed by atoms with Gasteiger partial charge in [-0.25, -0.2) is 9.79 Å². The molecule has 1 unspecified atom stereocenters. The predicted molar refractivity (Wildman–Crippen MR) is 62.6 cm³/mol. The molecule has 0 bridgehead atoms. The van der Waals surface area contributed by atoms with Crippen LogP contribution >= 0.6 is 0 Å². The van der Waals surface area contributed by atoms with Crippen LogP contribution in [0, 0.1) is 5.41 Å². The molecule has 2 aliphatic rings. The number of nitrogens with one attached hydrogen (secondary N) is 3. The third kappa shape index (κ3) is 2.31. The monoisotopic (exact) mass is 264 g/mol. The number of hydrogen-bond donors (Lipinski definition) is 5. The highest BCUT2D eigenvalue weighted by molar-refractivity contribution is 6.48. The minimum Gasteiger partial charge on any atom is -0.477 e. The van der Waals surface area contributed by atoms with Crippen LogP contribution in [-0.2, 0) is 14.4 Å². The number of carboxylic acid groups (broad SMARTS) is 1. The number of guanidine groups is 1. The summed E-state index contributed by atoms with van der Waals surface area (Å²) in [7, 11) is 0. The molecule has 19 heavy (non-hydrogen) atoms. The number of rotatable bonds is 2. The van der Waals surface area contributed by atoms with Crippen LogP contribution in [0.1, 0.15) is 0 Å². The lowest BCUT2D eigenvalue weighted by molar-refractivity contribution is -0.132. The summed E-state index contributed by atoms with van der Waals surface area (Å²) in [6.07, 6.45) is 0.854. The largest absolute Gasteiger partial charge is 0.477 e. The Balaban J connectivity index is 2.42. The molecule has 0 fully saturated rings. The maximum atomic E-state index is 11.6. The van der Waals surface area contributed by atoms with Gasteiger partial charge in [0.05, 0.1) is 0 Å². The summed E-state index contributed by atoms with van der Waals surface area (Å²) >= 11 is 0. The van der Waals surface area contributed by atoms with E-state index in [1.165, 1.54) is 0 Å². The molecule has 1 atom stereocenters. The van der Waals surface area contributed by atoms with Crippen molar-refractivity contribution in [3.8, 4) is 0 Å². The number of aliphatic imine (C=N–C) groups is 2. The second-order valence-corrected chi connectivity index (χ2v) is 3.62. The molecule has 0 saturated heterocycles. The zero-order valence-electron chi connectivity index (χ0n) is 9.30. The van der Waals surface area contributed by atoms with E-state index < -0.39 is 35.5 Å². The van der Waals surface area contributed by atoms with Gasteiger partial charge in [-0.3, -0.25) is 20.3 Å². The minimum atomic E-state index is -1.41. The fourth-order valence-corrected chi connectivity index (χ4v) is 1.42. The number of aliphatic carboxylic acids is 1. The van der Waals surface area contributed by atoms with Crippen molar-refractivity contribution in [1.82, 2.24) is 10.6 Å². The number of carboxylic acids is 1. The lowest BCUT2D eigenvalue weighted by Crippen LogP contribution is -2.59. The number of amidine groups is 1. The van der Waals surface area contributed by atoms with Crippen molar-refractivity contribution in [3.05, 3.63) is 11.8 Å². The van der Waals surface area contributed by atoms with Crippen LogP contribution in [0.25, 0.3) is 0 Å². The summed E-state index contributed by atoms with van der Waals surface area (Å²) in [5, 5.41) is 20.2. The van der Waals surface area contributed by atoms with Crippen molar-refractivity contribution in [2.45, 2.75) is 6.04 Å². The Morgan fingerprint density at radius 3 is 2.74 bits per heavy atom. The number of hydrogen-bond acceptors (Lipinski definition) is 6. The zero-order valence-corrected chi connectivity index (χ0v) is 9.30. The topological polar surface area (TPSA) is 170 Å². The third-order valence-corrected chi connectivity index (χ3v) is 2.27. The Kier molecular flexibility index (Phi) is 2.83. The lowest BCUT2D eigenvalue weighted by atomic mass is 10.1. The highest BCUT2D eigenvalue weighted by atomic mass is 16.4. The Bertz CT molecular complexity index is 602. The van der Waals surface area contributed by atoms with Gasteiger partial charge in [0.15, 0.2) is 11.9 Å². The van der Waals surface area contributed by atoms with E-state index in [0.717, 1.165) is 6.08 Å².